The van der Waals surface area contributed by atoms with E-state index in [0.717, 1.165) is 19.6 Å². The topological polar surface area (TPSA) is 50.1 Å². The third kappa shape index (κ3) is 1.43. The molecule has 0 aromatic heterocycles. The number of nitrogens with two attached hydrogens (primary N) is 1. The first kappa shape index (κ1) is 5.03. The van der Waals surface area contributed by atoms with Gasteiger partial charge in [0.15, 0.2) is 0 Å². The Labute approximate surface area is 43.3 Å². The van der Waals surface area contributed by atoms with Crippen LogP contribution >= 0.6 is 0 Å². The summed E-state index contributed by atoms with van der Waals surface area (Å²) in [6.07, 6.45) is 0.175. The molecule has 1 rings (SSSR count). The fraction of sp³-hybridized carbons (Fsp3) is 1.00. The van der Waals surface area contributed by atoms with Gasteiger partial charge in [0, 0.05) is 19.6 Å². The van der Waals surface area contributed by atoms with Crippen LogP contribution in [0.15, 0.2) is 0 Å². The maximum absolute atomic E-state index is 5.46. The molecule has 7 heavy (non-hydrogen) atoms. The summed E-state index contributed by atoms with van der Waals surface area (Å²) >= 11 is 0. The molecule has 0 aromatic carbocycles. The molecule has 0 aromatic rings. The van der Waals surface area contributed by atoms with Gasteiger partial charge in [0.1, 0.15) is 0 Å². The van der Waals surface area contributed by atoms with Crippen LogP contribution in [0, 0.1) is 0 Å². The number of nitrogens with one attached hydrogen (secondary N) is 2. The van der Waals surface area contributed by atoms with Gasteiger partial charge in [-0.15, -0.1) is 0 Å². The molecular formula is C4H11N3. The summed E-state index contributed by atoms with van der Waals surface area (Å²) < 4.78 is 0. The Morgan fingerprint density at radius 1 is 1.43 bits per heavy atom. The minimum absolute atomic E-state index is 0.175. The van der Waals surface area contributed by atoms with E-state index in [-0.39, 0.29) is 6.17 Å². The maximum atomic E-state index is 5.46. The van der Waals surface area contributed by atoms with Crippen molar-refractivity contribution in [2.75, 3.05) is 19.6 Å². The molecule has 1 aliphatic heterocycles. The first-order valence-corrected chi connectivity index (χ1v) is 2.59. The molecule has 42 valence electrons. The largest absolute Gasteiger partial charge is 0.315 e. The Hall–Kier alpha value is -0.120. The van der Waals surface area contributed by atoms with Gasteiger partial charge in [-0.3, -0.25) is 5.32 Å². The van der Waals surface area contributed by atoms with Crippen LogP contribution in [0.4, 0.5) is 0 Å². The molecule has 0 aliphatic carbocycles. The summed E-state index contributed by atoms with van der Waals surface area (Å²) in [5.74, 6) is 0. The van der Waals surface area contributed by atoms with Gasteiger partial charge in [-0.05, 0) is 0 Å². The average molecular weight is 101 g/mol. The number of hydrogen-bond acceptors (Lipinski definition) is 3. The van der Waals surface area contributed by atoms with E-state index in [4.69, 9.17) is 5.73 Å². The van der Waals surface area contributed by atoms with Crippen LogP contribution in [0.3, 0.4) is 0 Å². The molecular weight excluding hydrogens is 90.1 g/mol. The summed E-state index contributed by atoms with van der Waals surface area (Å²) in [7, 11) is 0. The van der Waals surface area contributed by atoms with E-state index in [9.17, 15) is 0 Å². The molecule has 3 nitrogen and oxygen atoms in total. The molecule has 1 aliphatic rings. The minimum Gasteiger partial charge on any atom is -0.315 e. The molecule has 4 N–H and O–H groups in total. The zero-order valence-corrected chi connectivity index (χ0v) is 4.28. The predicted molar refractivity (Wildman–Crippen MR) is 28.8 cm³/mol. The van der Waals surface area contributed by atoms with Crippen molar-refractivity contribution in [3.63, 3.8) is 0 Å². The molecule has 1 heterocycles. The molecule has 0 spiro atoms. The molecule has 0 amide bonds. The summed E-state index contributed by atoms with van der Waals surface area (Å²) in [5.41, 5.74) is 5.46. The lowest BCUT2D eigenvalue weighted by Gasteiger charge is -2.19. The summed E-state index contributed by atoms with van der Waals surface area (Å²) in [5, 5.41) is 6.24. The van der Waals surface area contributed by atoms with Crippen molar-refractivity contribution in [2.24, 2.45) is 5.73 Å². The van der Waals surface area contributed by atoms with Crippen LogP contribution in [0.25, 0.3) is 0 Å². The van der Waals surface area contributed by atoms with Crippen LogP contribution in [-0.4, -0.2) is 25.8 Å². The van der Waals surface area contributed by atoms with E-state index in [2.05, 4.69) is 10.6 Å². The molecule has 1 atom stereocenters. The first-order chi connectivity index (χ1) is 3.39. The van der Waals surface area contributed by atoms with E-state index in [1.807, 2.05) is 0 Å². The van der Waals surface area contributed by atoms with Gasteiger partial charge in [-0.2, -0.15) is 0 Å². The van der Waals surface area contributed by atoms with Crippen LogP contribution in [0.2, 0.25) is 0 Å². The second-order valence-electron chi connectivity index (χ2n) is 1.76. The second kappa shape index (κ2) is 2.26. The smallest absolute Gasteiger partial charge is 0.0675 e. The fourth-order valence-corrected chi connectivity index (χ4v) is 0.676. The summed E-state index contributed by atoms with van der Waals surface area (Å²) in [6, 6.07) is 0. The van der Waals surface area contributed by atoms with Crippen molar-refractivity contribution < 1.29 is 0 Å². The Morgan fingerprint density at radius 2 is 2.29 bits per heavy atom. The van der Waals surface area contributed by atoms with Gasteiger partial charge < -0.3 is 11.1 Å². The molecule has 0 saturated carbocycles. The third-order valence-electron chi connectivity index (χ3n) is 1.07. The van der Waals surface area contributed by atoms with Crippen molar-refractivity contribution in [3.05, 3.63) is 0 Å². The zero-order valence-electron chi connectivity index (χ0n) is 4.28. The van der Waals surface area contributed by atoms with E-state index >= 15 is 0 Å². The first-order valence-electron chi connectivity index (χ1n) is 2.59. The summed E-state index contributed by atoms with van der Waals surface area (Å²) in [6.45, 7) is 2.95. The Kier molecular flexibility index (Phi) is 1.62. The van der Waals surface area contributed by atoms with Crippen molar-refractivity contribution in [1.82, 2.24) is 10.6 Å². The highest BCUT2D eigenvalue weighted by Gasteiger charge is 2.03. The van der Waals surface area contributed by atoms with Crippen molar-refractivity contribution >= 4 is 0 Å². The van der Waals surface area contributed by atoms with Crippen LogP contribution in [0.1, 0.15) is 0 Å². The molecule has 0 unspecified atom stereocenters. The van der Waals surface area contributed by atoms with Gasteiger partial charge in [-0.1, -0.05) is 0 Å². The zero-order chi connectivity index (χ0) is 5.11. The van der Waals surface area contributed by atoms with Gasteiger partial charge in [0.2, 0.25) is 0 Å². The average Bonchev–Trinajstić information content (AvgIpc) is 1.69. The van der Waals surface area contributed by atoms with E-state index in [0.29, 0.717) is 0 Å². The Balaban J connectivity index is 2.12. The van der Waals surface area contributed by atoms with Gasteiger partial charge in [0.05, 0.1) is 6.17 Å². The number of rotatable bonds is 0. The summed E-state index contributed by atoms with van der Waals surface area (Å²) in [4.78, 5) is 0. The Morgan fingerprint density at radius 3 is 2.57 bits per heavy atom. The molecule has 0 bridgehead atoms. The molecule has 1 fully saturated rings. The lowest BCUT2D eigenvalue weighted by atomic mass is 10.4. The minimum atomic E-state index is 0.175. The molecule has 1 saturated heterocycles. The highest BCUT2D eigenvalue weighted by molar-refractivity contribution is 4.68. The van der Waals surface area contributed by atoms with E-state index in [1.165, 1.54) is 0 Å². The lowest BCUT2D eigenvalue weighted by molar-refractivity contribution is 0.428. The maximum Gasteiger partial charge on any atom is 0.0675 e. The predicted octanol–water partition coefficient (Wildman–Crippen LogP) is -1.54. The van der Waals surface area contributed by atoms with E-state index < -0.39 is 0 Å². The lowest BCUT2D eigenvalue weighted by Crippen LogP contribution is -2.53. The third-order valence-corrected chi connectivity index (χ3v) is 1.07. The van der Waals surface area contributed by atoms with Crippen molar-refractivity contribution in [3.8, 4) is 0 Å². The highest BCUT2D eigenvalue weighted by atomic mass is 15.1. The standard InChI is InChI=1S/C4H11N3/c5-4-3-6-1-2-7-4/h4,6-7H,1-3,5H2/t4-/m0/s1. The van der Waals surface area contributed by atoms with E-state index in [1.54, 1.807) is 0 Å². The molecule has 3 heteroatoms. The van der Waals surface area contributed by atoms with Crippen LogP contribution in [-0.2, 0) is 0 Å². The highest BCUT2D eigenvalue weighted by Crippen LogP contribution is 1.73. The number of piperazine rings is 1. The normalized spacial score (nSPS) is 33.0. The second-order valence-corrected chi connectivity index (χ2v) is 1.76. The van der Waals surface area contributed by atoms with Crippen molar-refractivity contribution in [2.45, 2.75) is 6.17 Å². The SMILES string of the molecule is N[C@@H]1CNCCN1. The van der Waals surface area contributed by atoms with Gasteiger partial charge >= 0.3 is 0 Å². The van der Waals surface area contributed by atoms with Crippen LogP contribution in [0.5, 0.6) is 0 Å². The monoisotopic (exact) mass is 101 g/mol. The van der Waals surface area contributed by atoms with Gasteiger partial charge in [0.25, 0.3) is 0 Å². The Bertz CT molecular complexity index is 48.9. The quantitative estimate of drug-likeness (QED) is 0.347. The molecule has 0 radical (unpaired) electrons. The van der Waals surface area contributed by atoms with Crippen LogP contribution < -0.4 is 16.4 Å². The van der Waals surface area contributed by atoms with Gasteiger partial charge in [-0.25, -0.2) is 0 Å². The fourth-order valence-electron chi connectivity index (χ4n) is 0.676. The van der Waals surface area contributed by atoms with Crippen molar-refractivity contribution in [1.29, 1.82) is 0 Å². The number of hydrogen-bond donors (Lipinski definition) is 3.